The van der Waals surface area contributed by atoms with Gasteiger partial charge in [0.1, 0.15) is 6.29 Å². The lowest BCUT2D eigenvalue weighted by Gasteiger charge is -2.27. The zero-order chi connectivity index (χ0) is 18.5. The van der Waals surface area contributed by atoms with Crippen LogP contribution in [0.1, 0.15) is 109 Å². The normalized spacial score (nSPS) is 15.4. The van der Waals surface area contributed by atoms with E-state index in [0.29, 0.717) is 0 Å². The number of hydrogen-bond donors (Lipinski definition) is 1. The summed E-state index contributed by atoms with van der Waals surface area (Å²) in [6, 6.07) is 0. The van der Waals surface area contributed by atoms with Crippen molar-refractivity contribution in [2.45, 2.75) is 109 Å². The Labute approximate surface area is 163 Å². The van der Waals surface area contributed by atoms with E-state index in [9.17, 15) is 4.79 Å². The predicted molar refractivity (Wildman–Crippen MR) is 114 cm³/mol. The summed E-state index contributed by atoms with van der Waals surface area (Å²) in [6.07, 6.45) is 24.1. The van der Waals surface area contributed by atoms with Crippen LogP contribution in [0.5, 0.6) is 0 Å². The summed E-state index contributed by atoms with van der Waals surface area (Å²) in [7, 11) is 0. The van der Waals surface area contributed by atoms with Crippen molar-refractivity contribution in [3.05, 3.63) is 0 Å². The highest BCUT2D eigenvalue weighted by Crippen LogP contribution is 2.14. The number of nitrogens with zero attached hydrogens (tertiary/aromatic N) is 1. The first kappa shape index (κ1) is 23.6. The second kappa shape index (κ2) is 19.4. The molecule has 0 bridgehead atoms. The Morgan fingerprint density at radius 2 is 0.962 bits per heavy atom. The topological polar surface area (TPSA) is 32.3 Å². The molecule has 0 aromatic carbocycles. The monoisotopic (exact) mass is 366 g/mol. The van der Waals surface area contributed by atoms with Crippen molar-refractivity contribution in [1.82, 2.24) is 10.2 Å². The lowest BCUT2D eigenvalue weighted by molar-refractivity contribution is -0.107. The number of carbonyl (C=O) groups excluding carboxylic acids is 1. The smallest absolute Gasteiger partial charge is 0.119 e. The van der Waals surface area contributed by atoms with E-state index in [0.717, 1.165) is 19.1 Å². The number of carbonyl (C=O) groups is 1. The summed E-state index contributed by atoms with van der Waals surface area (Å²) >= 11 is 0. The fourth-order valence-electron chi connectivity index (χ4n) is 3.97. The van der Waals surface area contributed by atoms with E-state index < -0.39 is 0 Å². The van der Waals surface area contributed by atoms with Gasteiger partial charge in [0.15, 0.2) is 0 Å². The molecule has 0 radical (unpaired) electrons. The van der Waals surface area contributed by atoms with E-state index in [2.05, 4.69) is 10.2 Å². The maximum atomic E-state index is 10.2. The molecule has 3 nitrogen and oxygen atoms in total. The third kappa shape index (κ3) is 15.8. The highest BCUT2D eigenvalue weighted by molar-refractivity contribution is 5.48. The van der Waals surface area contributed by atoms with Gasteiger partial charge in [0.2, 0.25) is 0 Å². The van der Waals surface area contributed by atoms with Crippen LogP contribution in [-0.4, -0.2) is 43.9 Å². The molecule has 0 aromatic heterocycles. The van der Waals surface area contributed by atoms with Crippen LogP contribution in [0.15, 0.2) is 0 Å². The first-order valence-corrected chi connectivity index (χ1v) is 11.8. The Hall–Kier alpha value is -0.410. The van der Waals surface area contributed by atoms with E-state index in [1.807, 2.05) is 0 Å². The third-order valence-corrected chi connectivity index (χ3v) is 5.76. The summed E-state index contributed by atoms with van der Waals surface area (Å²) in [5, 5.41) is 3.42. The molecule has 3 heteroatoms. The van der Waals surface area contributed by atoms with Crippen LogP contribution in [0.4, 0.5) is 0 Å². The SMILES string of the molecule is O=CCCCCCCCCCCCCCCCCCCN1CCNCC1. The average molecular weight is 367 g/mol. The standard InChI is InChI=1S/C23H46N2O/c26-23-17-15-13-11-9-7-5-3-1-2-4-6-8-10-12-14-16-20-25-21-18-24-19-22-25/h23-24H,1-22H2. The van der Waals surface area contributed by atoms with Crippen molar-refractivity contribution >= 4 is 6.29 Å². The van der Waals surface area contributed by atoms with Crippen molar-refractivity contribution in [2.75, 3.05) is 32.7 Å². The van der Waals surface area contributed by atoms with Gasteiger partial charge < -0.3 is 15.0 Å². The van der Waals surface area contributed by atoms with Crippen LogP contribution in [0.2, 0.25) is 0 Å². The van der Waals surface area contributed by atoms with Gasteiger partial charge in [-0.3, -0.25) is 0 Å². The molecular weight excluding hydrogens is 320 g/mol. The Morgan fingerprint density at radius 3 is 1.38 bits per heavy atom. The molecule has 1 saturated heterocycles. The van der Waals surface area contributed by atoms with Crippen LogP contribution < -0.4 is 5.32 Å². The molecular formula is C23H46N2O. The fourth-order valence-corrected chi connectivity index (χ4v) is 3.97. The highest BCUT2D eigenvalue weighted by Gasteiger charge is 2.07. The zero-order valence-electron chi connectivity index (χ0n) is 17.5. The first-order chi connectivity index (χ1) is 12.9. The minimum absolute atomic E-state index is 0.760. The summed E-state index contributed by atoms with van der Waals surface area (Å²) in [5.74, 6) is 0. The molecule has 0 aromatic rings. The average Bonchev–Trinajstić information content (AvgIpc) is 2.68. The van der Waals surface area contributed by atoms with E-state index in [-0.39, 0.29) is 0 Å². The summed E-state index contributed by atoms with van der Waals surface area (Å²) in [6.45, 7) is 6.19. The van der Waals surface area contributed by atoms with Gasteiger partial charge in [-0.25, -0.2) is 0 Å². The van der Waals surface area contributed by atoms with Gasteiger partial charge in [0, 0.05) is 32.6 Å². The Balaban J connectivity index is 1.65. The van der Waals surface area contributed by atoms with E-state index in [4.69, 9.17) is 0 Å². The number of piperazine rings is 1. The number of nitrogens with one attached hydrogen (secondary N) is 1. The van der Waals surface area contributed by atoms with Gasteiger partial charge >= 0.3 is 0 Å². The first-order valence-electron chi connectivity index (χ1n) is 11.8. The van der Waals surface area contributed by atoms with Gasteiger partial charge in [0.05, 0.1) is 0 Å². The second-order valence-electron chi connectivity index (χ2n) is 8.20. The minimum Gasteiger partial charge on any atom is -0.314 e. The molecule has 0 amide bonds. The van der Waals surface area contributed by atoms with E-state index in [1.165, 1.54) is 129 Å². The van der Waals surface area contributed by atoms with Crippen molar-refractivity contribution in [2.24, 2.45) is 0 Å². The van der Waals surface area contributed by atoms with Crippen molar-refractivity contribution in [1.29, 1.82) is 0 Å². The quantitative estimate of drug-likeness (QED) is 0.234. The fraction of sp³-hybridized carbons (Fsp3) is 0.957. The minimum atomic E-state index is 0.760. The lowest BCUT2D eigenvalue weighted by atomic mass is 10.0. The molecule has 1 heterocycles. The van der Waals surface area contributed by atoms with Gasteiger partial charge in [-0.05, 0) is 19.4 Å². The lowest BCUT2D eigenvalue weighted by Crippen LogP contribution is -2.43. The van der Waals surface area contributed by atoms with Crippen molar-refractivity contribution in [3.63, 3.8) is 0 Å². The van der Waals surface area contributed by atoms with Crippen LogP contribution >= 0.6 is 0 Å². The largest absolute Gasteiger partial charge is 0.314 e. The van der Waals surface area contributed by atoms with E-state index >= 15 is 0 Å². The molecule has 0 spiro atoms. The summed E-state index contributed by atoms with van der Waals surface area (Å²) in [5.41, 5.74) is 0. The molecule has 1 aliphatic heterocycles. The van der Waals surface area contributed by atoms with Gasteiger partial charge in [-0.2, -0.15) is 0 Å². The summed E-state index contributed by atoms with van der Waals surface area (Å²) < 4.78 is 0. The Kier molecular flexibility index (Phi) is 17.6. The third-order valence-electron chi connectivity index (χ3n) is 5.76. The van der Waals surface area contributed by atoms with Crippen LogP contribution in [0.3, 0.4) is 0 Å². The number of aldehydes is 1. The molecule has 1 aliphatic rings. The molecule has 154 valence electrons. The number of unbranched alkanes of at least 4 members (excludes halogenated alkanes) is 16. The molecule has 0 saturated carbocycles. The molecule has 1 N–H and O–H groups in total. The second-order valence-corrected chi connectivity index (χ2v) is 8.20. The molecule has 1 fully saturated rings. The van der Waals surface area contributed by atoms with Crippen molar-refractivity contribution < 1.29 is 4.79 Å². The molecule has 0 unspecified atom stereocenters. The molecule has 0 atom stereocenters. The molecule has 26 heavy (non-hydrogen) atoms. The number of hydrogen-bond acceptors (Lipinski definition) is 3. The Bertz CT molecular complexity index is 290. The van der Waals surface area contributed by atoms with Gasteiger partial charge in [0.25, 0.3) is 0 Å². The van der Waals surface area contributed by atoms with Crippen molar-refractivity contribution in [3.8, 4) is 0 Å². The summed E-state index contributed by atoms with van der Waals surface area (Å²) in [4.78, 5) is 12.8. The zero-order valence-corrected chi connectivity index (χ0v) is 17.5. The maximum absolute atomic E-state index is 10.2. The highest BCUT2D eigenvalue weighted by atomic mass is 16.1. The Morgan fingerprint density at radius 1 is 0.577 bits per heavy atom. The number of rotatable bonds is 19. The van der Waals surface area contributed by atoms with Crippen LogP contribution in [0.25, 0.3) is 0 Å². The molecule has 1 rings (SSSR count). The maximum Gasteiger partial charge on any atom is 0.119 e. The van der Waals surface area contributed by atoms with Gasteiger partial charge in [-0.1, -0.05) is 89.9 Å². The predicted octanol–water partition coefficient (Wildman–Crippen LogP) is 5.72. The van der Waals surface area contributed by atoms with Crippen LogP contribution in [-0.2, 0) is 4.79 Å². The van der Waals surface area contributed by atoms with Gasteiger partial charge in [-0.15, -0.1) is 0 Å². The molecule has 0 aliphatic carbocycles. The van der Waals surface area contributed by atoms with E-state index in [1.54, 1.807) is 0 Å². The van der Waals surface area contributed by atoms with Crippen LogP contribution in [0, 0.1) is 0 Å².